The molecule has 1 heterocycles. The molecule has 2 amide bonds. The van der Waals surface area contributed by atoms with E-state index in [9.17, 15) is 28.0 Å². The first-order valence-corrected chi connectivity index (χ1v) is 9.49. The number of halogens is 3. The Morgan fingerprint density at radius 3 is 2.19 bits per heavy atom. The van der Waals surface area contributed by atoms with Gasteiger partial charge in [-0.25, -0.2) is 0 Å². The monoisotopic (exact) mass is 438 g/mol. The highest BCUT2D eigenvalue weighted by atomic mass is 19.4. The molecule has 32 heavy (non-hydrogen) atoms. The maximum absolute atomic E-state index is 12.6. The summed E-state index contributed by atoms with van der Waals surface area (Å²) in [6.45, 7) is 0.201. The fourth-order valence-corrected chi connectivity index (χ4v) is 2.90. The van der Waals surface area contributed by atoms with E-state index in [1.165, 1.54) is 0 Å². The van der Waals surface area contributed by atoms with Crippen molar-refractivity contribution in [3.8, 4) is 17.3 Å². The predicted octanol–water partition coefficient (Wildman–Crippen LogP) is 3.80. The summed E-state index contributed by atoms with van der Waals surface area (Å²) < 4.78 is 37.8. The van der Waals surface area contributed by atoms with Crippen molar-refractivity contribution in [2.24, 2.45) is 0 Å². The highest BCUT2D eigenvalue weighted by Gasteiger charge is 2.30. The van der Waals surface area contributed by atoms with Crippen molar-refractivity contribution in [3.63, 3.8) is 0 Å². The number of carbonyl (C=O) groups is 2. The molecule has 1 aromatic heterocycles. The quantitative estimate of drug-likeness (QED) is 0.573. The number of amides is 2. The maximum Gasteiger partial charge on any atom is 0.416 e. The number of aromatic nitrogens is 1. The molecule has 0 bridgehead atoms. The van der Waals surface area contributed by atoms with Gasteiger partial charge in [0.25, 0.3) is 11.8 Å². The van der Waals surface area contributed by atoms with Crippen LogP contribution in [0.25, 0.3) is 11.3 Å². The van der Waals surface area contributed by atoms with Crippen LogP contribution in [-0.4, -0.2) is 29.9 Å². The van der Waals surface area contributed by atoms with Gasteiger partial charge in [-0.15, -0.1) is 0 Å². The average molecular weight is 438 g/mol. The normalized spacial score (nSPS) is 10.8. The van der Waals surface area contributed by atoms with Crippen LogP contribution >= 0.6 is 0 Å². The summed E-state index contributed by atoms with van der Waals surface area (Å²) in [5.41, 5.74) is 1.07. The van der Waals surface area contributed by atoms with Crippen molar-refractivity contribution in [2.75, 3.05) is 13.1 Å². The molecule has 0 radical (unpaired) electrons. The van der Waals surface area contributed by atoms with Crippen molar-refractivity contribution in [3.05, 3.63) is 89.1 Å². The smallest absolute Gasteiger partial charge is 0.350 e. The first-order valence-electron chi connectivity index (χ1n) is 9.49. The zero-order valence-corrected chi connectivity index (χ0v) is 16.6. The Kier molecular flexibility index (Phi) is 6.85. The predicted molar refractivity (Wildman–Crippen MR) is 110 cm³/mol. The lowest BCUT2D eigenvalue weighted by Crippen LogP contribution is -2.34. The van der Waals surface area contributed by atoms with E-state index in [0.29, 0.717) is 22.4 Å². The standard InChI is InChI=1S/C23H17F3N4O2/c24-23(25,26)19-8-6-15(7-9-19)21(31)29-11-12-30-22(32)17-4-1-3-16(13-17)20-18(14-27)5-2-10-28-20/h1-10,13H,11-12H2,(H,29,31)(H,30,32). The summed E-state index contributed by atoms with van der Waals surface area (Å²) in [4.78, 5) is 28.7. The van der Waals surface area contributed by atoms with Gasteiger partial charge in [0, 0.05) is 36.0 Å². The lowest BCUT2D eigenvalue weighted by Gasteiger charge is -2.10. The van der Waals surface area contributed by atoms with Crippen LogP contribution in [0.15, 0.2) is 66.9 Å². The van der Waals surface area contributed by atoms with Crippen LogP contribution in [0.3, 0.4) is 0 Å². The van der Waals surface area contributed by atoms with E-state index in [2.05, 4.69) is 21.7 Å². The maximum atomic E-state index is 12.6. The Morgan fingerprint density at radius 2 is 1.56 bits per heavy atom. The van der Waals surface area contributed by atoms with Gasteiger partial charge in [0.05, 0.1) is 16.8 Å². The number of alkyl halides is 3. The number of rotatable bonds is 6. The number of hydrogen-bond donors (Lipinski definition) is 2. The summed E-state index contributed by atoms with van der Waals surface area (Å²) >= 11 is 0. The van der Waals surface area contributed by atoms with Gasteiger partial charge in [0.15, 0.2) is 0 Å². The average Bonchev–Trinajstić information content (AvgIpc) is 2.81. The molecule has 2 aromatic carbocycles. The molecule has 0 unspecified atom stereocenters. The number of hydrogen-bond acceptors (Lipinski definition) is 4. The molecule has 0 saturated heterocycles. The van der Waals surface area contributed by atoms with E-state index in [0.717, 1.165) is 24.3 Å². The van der Waals surface area contributed by atoms with Gasteiger partial charge in [0.2, 0.25) is 0 Å². The van der Waals surface area contributed by atoms with Gasteiger partial charge < -0.3 is 10.6 Å². The van der Waals surface area contributed by atoms with Crippen molar-refractivity contribution in [1.82, 2.24) is 15.6 Å². The minimum absolute atomic E-state index is 0.0840. The lowest BCUT2D eigenvalue weighted by molar-refractivity contribution is -0.137. The molecule has 0 aliphatic heterocycles. The zero-order chi connectivity index (χ0) is 23.1. The van der Waals surface area contributed by atoms with Crippen molar-refractivity contribution in [1.29, 1.82) is 5.26 Å². The topological polar surface area (TPSA) is 94.9 Å². The summed E-state index contributed by atoms with van der Waals surface area (Å²) in [7, 11) is 0. The molecule has 9 heteroatoms. The second-order valence-corrected chi connectivity index (χ2v) is 6.68. The third-order valence-corrected chi connectivity index (χ3v) is 4.50. The number of benzene rings is 2. The fourth-order valence-electron chi connectivity index (χ4n) is 2.90. The Bertz CT molecular complexity index is 1170. The van der Waals surface area contributed by atoms with Crippen molar-refractivity contribution >= 4 is 11.8 Å². The number of nitrogens with one attached hydrogen (secondary N) is 2. The molecule has 6 nitrogen and oxygen atoms in total. The van der Waals surface area contributed by atoms with Gasteiger partial charge in [-0.05, 0) is 48.5 Å². The van der Waals surface area contributed by atoms with E-state index < -0.39 is 17.6 Å². The Labute approximate surface area is 181 Å². The molecule has 0 atom stereocenters. The van der Waals surface area contributed by atoms with Gasteiger partial charge in [-0.1, -0.05) is 12.1 Å². The molecule has 2 N–H and O–H groups in total. The van der Waals surface area contributed by atoms with Crippen LogP contribution in [0.1, 0.15) is 31.8 Å². The van der Waals surface area contributed by atoms with Crippen molar-refractivity contribution < 1.29 is 22.8 Å². The summed E-state index contributed by atoms with van der Waals surface area (Å²) in [5, 5.41) is 14.4. The Balaban J connectivity index is 1.54. The number of nitrogens with zero attached hydrogens (tertiary/aromatic N) is 2. The van der Waals surface area contributed by atoms with Crippen LogP contribution in [0, 0.1) is 11.3 Å². The third-order valence-electron chi connectivity index (χ3n) is 4.50. The van der Waals surface area contributed by atoms with E-state index in [-0.39, 0.29) is 24.6 Å². The van der Waals surface area contributed by atoms with E-state index in [4.69, 9.17) is 0 Å². The number of carbonyl (C=O) groups excluding carboxylic acids is 2. The molecular weight excluding hydrogens is 421 g/mol. The fraction of sp³-hybridized carbons (Fsp3) is 0.130. The molecule has 162 valence electrons. The minimum atomic E-state index is -4.47. The SMILES string of the molecule is N#Cc1cccnc1-c1cccc(C(=O)NCCNC(=O)c2ccc(C(F)(F)F)cc2)c1. The Morgan fingerprint density at radius 1 is 0.906 bits per heavy atom. The summed E-state index contributed by atoms with van der Waals surface area (Å²) in [5.74, 6) is -0.931. The molecule has 0 aliphatic carbocycles. The zero-order valence-electron chi connectivity index (χ0n) is 16.6. The van der Waals surface area contributed by atoms with Crippen molar-refractivity contribution in [2.45, 2.75) is 6.18 Å². The van der Waals surface area contributed by atoms with Crippen LogP contribution in [0.4, 0.5) is 13.2 Å². The van der Waals surface area contributed by atoms with Crippen LogP contribution in [0.2, 0.25) is 0 Å². The third kappa shape index (κ3) is 5.49. The van der Waals surface area contributed by atoms with Gasteiger partial charge in [0.1, 0.15) is 6.07 Å². The molecular formula is C23H17F3N4O2. The highest BCUT2D eigenvalue weighted by molar-refractivity contribution is 5.96. The summed E-state index contributed by atoms with van der Waals surface area (Å²) in [6, 6.07) is 15.8. The van der Waals surface area contributed by atoms with Crippen LogP contribution < -0.4 is 10.6 Å². The molecule has 3 aromatic rings. The van der Waals surface area contributed by atoms with E-state index >= 15 is 0 Å². The summed E-state index contributed by atoms with van der Waals surface area (Å²) in [6.07, 6.45) is -2.91. The largest absolute Gasteiger partial charge is 0.416 e. The van der Waals surface area contributed by atoms with Crippen LogP contribution in [-0.2, 0) is 6.18 Å². The van der Waals surface area contributed by atoms with Gasteiger partial charge in [-0.3, -0.25) is 14.6 Å². The molecule has 0 spiro atoms. The Hall–Kier alpha value is -4.19. The van der Waals surface area contributed by atoms with E-state index in [1.54, 1.807) is 42.6 Å². The van der Waals surface area contributed by atoms with Crippen LogP contribution in [0.5, 0.6) is 0 Å². The van der Waals surface area contributed by atoms with E-state index in [1.807, 2.05) is 0 Å². The first-order chi connectivity index (χ1) is 15.3. The molecule has 3 rings (SSSR count). The molecule has 0 aliphatic rings. The lowest BCUT2D eigenvalue weighted by atomic mass is 10.0. The second-order valence-electron chi connectivity index (χ2n) is 6.68. The minimum Gasteiger partial charge on any atom is -0.350 e. The van der Waals surface area contributed by atoms with Gasteiger partial charge in [-0.2, -0.15) is 18.4 Å². The number of pyridine rings is 1. The highest BCUT2D eigenvalue weighted by Crippen LogP contribution is 2.29. The molecule has 0 saturated carbocycles. The first kappa shape index (κ1) is 22.5. The van der Waals surface area contributed by atoms with Gasteiger partial charge >= 0.3 is 6.18 Å². The number of nitriles is 1. The molecule has 0 fully saturated rings. The second kappa shape index (κ2) is 9.75.